The number of hydrogen-bond donors (Lipinski definition) is 2. The minimum atomic E-state index is -0.257. The second-order valence-electron chi connectivity index (χ2n) is 6.29. The number of aromatic nitrogens is 2. The highest BCUT2D eigenvalue weighted by molar-refractivity contribution is 6.42. The Kier molecular flexibility index (Phi) is 5.24. The molecule has 4 nitrogen and oxygen atoms in total. The van der Waals surface area contributed by atoms with Gasteiger partial charge >= 0.3 is 5.69 Å². The van der Waals surface area contributed by atoms with Crippen LogP contribution in [-0.2, 0) is 6.54 Å². The summed E-state index contributed by atoms with van der Waals surface area (Å²) in [5.74, 6) is 0.645. The van der Waals surface area contributed by atoms with Crippen molar-refractivity contribution in [2.75, 3.05) is 5.32 Å². The van der Waals surface area contributed by atoms with Gasteiger partial charge in [0.05, 0.1) is 21.4 Å². The average Bonchev–Trinajstić information content (AvgIpc) is 3.06. The van der Waals surface area contributed by atoms with E-state index in [1.165, 1.54) is 0 Å². The number of aromatic amines is 1. The minimum Gasteiger partial charge on any atom is -0.366 e. The maximum Gasteiger partial charge on any atom is 0.332 e. The number of nitrogens with zero attached hydrogens (tertiary/aromatic N) is 1. The molecule has 0 saturated carbocycles. The molecule has 0 bridgehead atoms. The third-order valence-corrected chi connectivity index (χ3v) is 5.16. The van der Waals surface area contributed by atoms with E-state index in [1.54, 1.807) is 22.8 Å². The monoisotopic (exact) mass is 409 g/mol. The summed E-state index contributed by atoms with van der Waals surface area (Å²) in [4.78, 5) is 15.8. The molecule has 28 heavy (non-hydrogen) atoms. The number of benzene rings is 3. The van der Waals surface area contributed by atoms with Crippen molar-refractivity contribution in [1.82, 2.24) is 9.55 Å². The molecule has 6 heteroatoms. The van der Waals surface area contributed by atoms with Crippen molar-refractivity contribution in [3.05, 3.63) is 105 Å². The molecule has 0 radical (unpaired) electrons. The molecular formula is C22H17Cl2N3O. The normalized spacial score (nSPS) is 10.8. The summed E-state index contributed by atoms with van der Waals surface area (Å²) in [7, 11) is 0. The summed E-state index contributed by atoms with van der Waals surface area (Å²) < 4.78 is 1.60. The van der Waals surface area contributed by atoms with Gasteiger partial charge in [-0.3, -0.25) is 9.55 Å². The second kappa shape index (κ2) is 7.97. The predicted molar refractivity (Wildman–Crippen MR) is 116 cm³/mol. The third-order valence-electron chi connectivity index (χ3n) is 4.42. The largest absolute Gasteiger partial charge is 0.366 e. The van der Waals surface area contributed by atoms with E-state index in [-0.39, 0.29) is 5.69 Å². The highest BCUT2D eigenvalue weighted by Gasteiger charge is 2.18. The van der Waals surface area contributed by atoms with Crippen molar-refractivity contribution in [3.63, 3.8) is 0 Å². The Morgan fingerprint density at radius 2 is 1.54 bits per heavy atom. The Hall–Kier alpha value is -2.95. The number of imidazole rings is 1. The lowest BCUT2D eigenvalue weighted by atomic mass is 10.1. The van der Waals surface area contributed by atoms with Crippen LogP contribution in [0.25, 0.3) is 16.9 Å². The van der Waals surface area contributed by atoms with Crippen LogP contribution < -0.4 is 11.0 Å². The number of hydrogen-bond acceptors (Lipinski definition) is 2. The van der Waals surface area contributed by atoms with E-state index in [0.717, 1.165) is 16.8 Å². The average molecular weight is 410 g/mol. The van der Waals surface area contributed by atoms with Gasteiger partial charge in [-0.2, -0.15) is 0 Å². The Balaban J connectivity index is 1.83. The molecule has 0 saturated heterocycles. The van der Waals surface area contributed by atoms with E-state index < -0.39 is 0 Å². The van der Waals surface area contributed by atoms with Gasteiger partial charge in [0.15, 0.2) is 0 Å². The van der Waals surface area contributed by atoms with Gasteiger partial charge < -0.3 is 5.32 Å². The third kappa shape index (κ3) is 3.70. The van der Waals surface area contributed by atoms with Crippen molar-refractivity contribution in [1.29, 1.82) is 0 Å². The zero-order valence-electron chi connectivity index (χ0n) is 14.8. The van der Waals surface area contributed by atoms with Crippen LogP contribution in [0.1, 0.15) is 5.56 Å². The summed E-state index contributed by atoms with van der Waals surface area (Å²) in [6.45, 7) is 0.585. The zero-order chi connectivity index (χ0) is 19.5. The molecule has 0 spiro atoms. The van der Waals surface area contributed by atoms with Crippen LogP contribution >= 0.6 is 23.2 Å². The molecule has 140 valence electrons. The van der Waals surface area contributed by atoms with Gasteiger partial charge in [0.2, 0.25) is 0 Å². The zero-order valence-corrected chi connectivity index (χ0v) is 16.3. The first kappa shape index (κ1) is 18.4. The van der Waals surface area contributed by atoms with Crippen molar-refractivity contribution in [2.24, 2.45) is 0 Å². The van der Waals surface area contributed by atoms with Crippen LogP contribution in [0.5, 0.6) is 0 Å². The lowest BCUT2D eigenvalue weighted by Crippen LogP contribution is -2.15. The van der Waals surface area contributed by atoms with Gasteiger partial charge in [-0.1, -0.05) is 83.9 Å². The Morgan fingerprint density at radius 3 is 2.21 bits per heavy atom. The van der Waals surface area contributed by atoms with E-state index in [0.29, 0.717) is 28.1 Å². The van der Waals surface area contributed by atoms with Crippen LogP contribution in [-0.4, -0.2) is 9.55 Å². The highest BCUT2D eigenvalue weighted by Crippen LogP contribution is 2.31. The molecule has 0 aliphatic carbocycles. The maximum atomic E-state index is 12.8. The molecule has 0 aliphatic rings. The molecule has 0 unspecified atom stereocenters. The number of H-pyrrole nitrogens is 1. The van der Waals surface area contributed by atoms with Crippen LogP contribution in [0.4, 0.5) is 5.82 Å². The fourth-order valence-corrected chi connectivity index (χ4v) is 3.38. The predicted octanol–water partition coefficient (Wildman–Crippen LogP) is 5.75. The SMILES string of the molecule is O=c1[nH]c(NCc2ccccc2)c(-c2ccccc2)n1-c1ccc(Cl)c(Cl)c1. The van der Waals surface area contributed by atoms with E-state index in [4.69, 9.17) is 23.2 Å². The Labute approximate surface area is 172 Å². The first-order chi connectivity index (χ1) is 13.6. The van der Waals surface area contributed by atoms with Gasteiger partial charge in [-0.15, -0.1) is 0 Å². The van der Waals surface area contributed by atoms with Crippen molar-refractivity contribution < 1.29 is 0 Å². The second-order valence-corrected chi connectivity index (χ2v) is 7.11. The summed E-state index contributed by atoms with van der Waals surface area (Å²) in [5.41, 5.74) is 3.14. The molecular weight excluding hydrogens is 393 g/mol. The number of rotatable bonds is 5. The first-order valence-electron chi connectivity index (χ1n) is 8.77. The summed E-state index contributed by atoms with van der Waals surface area (Å²) in [6.07, 6.45) is 0. The number of halogens is 2. The van der Waals surface area contributed by atoms with Crippen LogP contribution in [0.3, 0.4) is 0 Å². The number of nitrogens with one attached hydrogen (secondary N) is 2. The molecule has 2 N–H and O–H groups in total. The lowest BCUT2D eigenvalue weighted by Gasteiger charge is -2.12. The van der Waals surface area contributed by atoms with Gasteiger partial charge in [0.25, 0.3) is 0 Å². The first-order valence-corrected chi connectivity index (χ1v) is 9.53. The quantitative estimate of drug-likeness (QED) is 0.440. The van der Waals surface area contributed by atoms with E-state index >= 15 is 0 Å². The van der Waals surface area contributed by atoms with E-state index in [1.807, 2.05) is 60.7 Å². The van der Waals surface area contributed by atoms with Gasteiger partial charge in [0, 0.05) is 12.1 Å². The molecule has 0 atom stereocenters. The summed E-state index contributed by atoms with van der Waals surface area (Å²) >= 11 is 12.2. The molecule has 1 aromatic heterocycles. The minimum absolute atomic E-state index is 0.257. The Morgan fingerprint density at radius 1 is 0.857 bits per heavy atom. The molecule has 1 heterocycles. The van der Waals surface area contributed by atoms with Crippen molar-refractivity contribution in [3.8, 4) is 16.9 Å². The van der Waals surface area contributed by atoms with E-state index in [9.17, 15) is 4.79 Å². The van der Waals surface area contributed by atoms with Gasteiger partial charge in [0.1, 0.15) is 5.82 Å². The van der Waals surface area contributed by atoms with Gasteiger partial charge in [-0.25, -0.2) is 4.79 Å². The molecule has 4 rings (SSSR count). The van der Waals surface area contributed by atoms with Crippen molar-refractivity contribution in [2.45, 2.75) is 6.54 Å². The molecule has 3 aromatic carbocycles. The van der Waals surface area contributed by atoms with Gasteiger partial charge in [-0.05, 0) is 23.8 Å². The fourth-order valence-electron chi connectivity index (χ4n) is 3.09. The summed E-state index contributed by atoms with van der Waals surface area (Å²) in [5, 5.41) is 4.19. The number of anilines is 1. The van der Waals surface area contributed by atoms with E-state index in [2.05, 4.69) is 10.3 Å². The maximum absolute atomic E-state index is 12.8. The Bertz CT molecular complexity index is 1150. The molecule has 0 amide bonds. The van der Waals surface area contributed by atoms with Crippen LogP contribution in [0, 0.1) is 0 Å². The van der Waals surface area contributed by atoms with Crippen molar-refractivity contribution >= 4 is 29.0 Å². The fraction of sp³-hybridized carbons (Fsp3) is 0.0455. The summed E-state index contributed by atoms with van der Waals surface area (Å²) in [6, 6.07) is 24.9. The highest BCUT2D eigenvalue weighted by atomic mass is 35.5. The van der Waals surface area contributed by atoms with Crippen LogP contribution in [0.15, 0.2) is 83.7 Å². The standard InChI is InChI=1S/C22H17Cl2N3O/c23-18-12-11-17(13-19(18)24)27-20(16-9-5-2-6-10-16)21(26-22(27)28)25-14-15-7-3-1-4-8-15/h1-13,25H,14H2,(H,26,28). The topological polar surface area (TPSA) is 49.8 Å². The smallest absolute Gasteiger partial charge is 0.332 e. The van der Waals surface area contributed by atoms with Crippen LogP contribution in [0.2, 0.25) is 10.0 Å². The lowest BCUT2D eigenvalue weighted by molar-refractivity contribution is 0.993. The molecule has 4 aromatic rings. The molecule has 0 fully saturated rings. The molecule has 0 aliphatic heterocycles.